The Hall–Kier alpha value is -1.30. The summed E-state index contributed by atoms with van der Waals surface area (Å²) in [7, 11) is -10.6. The van der Waals surface area contributed by atoms with Crippen LogP contribution in [0.25, 0.3) is 0 Å². The first-order chi connectivity index (χ1) is 15.7. The summed E-state index contributed by atoms with van der Waals surface area (Å²) in [5.74, 6) is 0. The number of nitrogens with one attached hydrogen (secondary N) is 1. The molecule has 17 nitrogen and oxygen atoms in total. The molecule has 19 heteroatoms. The van der Waals surface area contributed by atoms with Crippen LogP contribution in [0.15, 0.2) is 21.9 Å². The van der Waals surface area contributed by atoms with Gasteiger partial charge in [0.2, 0.25) is 0 Å². The Morgan fingerprint density at radius 2 is 1.76 bits per heavy atom. The Balaban J connectivity index is 1.58. The number of aliphatic hydroxyl groups is 4. The number of H-pyrrole nitrogens is 1. The van der Waals surface area contributed by atoms with Crippen molar-refractivity contribution in [2.45, 2.75) is 62.5 Å². The van der Waals surface area contributed by atoms with Crippen LogP contribution in [0.5, 0.6) is 0 Å². The quantitative estimate of drug-likeness (QED) is 0.167. The summed E-state index contributed by atoms with van der Waals surface area (Å²) in [6.45, 7) is 0.408. The van der Waals surface area contributed by atoms with Gasteiger partial charge in [-0.15, -0.1) is 0 Å². The molecule has 1 aromatic heterocycles. The molecule has 2 unspecified atom stereocenters. The van der Waals surface area contributed by atoms with Gasteiger partial charge in [-0.05, 0) is 6.92 Å². The molecule has 2 fully saturated rings. The van der Waals surface area contributed by atoms with Crippen LogP contribution in [-0.4, -0.2) is 89.3 Å². The van der Waals surface area contributed by atoms with E-state index in [-0.39, 0.29) is 0 Å². The molecular formula is C15H24N2O15P2. The van der Waals surface area contributed by atoms with Gasteiger partial charge < -0.3 is 39.7 Å². The van der Waals surface area contributed by atoms with Gasteiger partial charge in [0.25, 0.3) is 5.56 Å². The maximum absolute atomic E-state index is 12.1. The highest BCUT2D eigenvalue weighted by molar-refractivity contribution is 7.61. The maximum Gasteiger partial charge on any atom is 0.483 e. The third-order valence-electron chi connectivity index (χ3n) is 5.00. The van der Waals surface area contributed by atoms with Gasteiger partial charge in [0, 0.05) is 18.7 Å². The molecular weight excluding hydrogens is 510 g/mol. The fourth-order valence-electron chi connectivity index (χ4n) is 3.31. The molecule has 34 heavy (non-hydrogen) atoms. The summed E-state index contributed by atoms with van der Waals surface area (Å²) in [6, 6.07) is 0.957. The highest BCUT2D eigenvalue weighted by Crippen LogP contribution is 2.61. The predicted molar refractivity (Wildman–Crippen MR) is 106 cm³/mol. The number of phosphoric acid groups is 2. The van der Waals surface area contributed by atoms with Crippen LogP contribution in [0, 0.1) is 0 Å². The fraction of sp³-hybridized carbons (Fsp3) is 0.733. The highest BCUT2D eigenvalue weighted by atomic mass is 31.3. The number of hydrogen-bond acceptors (Lipinski definition) is 13. The van der Waals surface area contributed by atoms with Gasteiger partial charge in [0.1, 0.15) is 24.4 Å². The van der Waals surface area contributed by atoms with Crippen molar-refractivity contribution in [3.63, 3.8) is 0 Å². The number of aliphatic hydroxyl groups excluding tert-OH is 4. The number of rotatable bonds is 8. The van der Waals surface area contributed by atoms with Crippen LogP contribution < -0.4 is 11.2 Å². The van der Waals surface area contributed by atoms with Crippen molar-refractivity contribution in [2.75, 3.05) is 6.61 Å². The molecule has 0 saturated carbocycles. The van der Waals surface area contributed by atoms with Gasteiger partial charge in [-0.1, -0.05) is 0 Å². The molecule has 194 valence electrons. The Morgan fingerprint density at radius 3 is 2.38 bits per heavy atom. The van der Waals surface area contributed by atoms with E-state index in [1.807, 2.05) is 4.98 Å². The molecule has 0 bridgehead atoms. The molecule has 0 spiro atoms. The molecule has 1 aromatic rings. The number of hydrogen-bond donors (Lipinski definition) is 7. The summed E-state index contributed by atoms with van der Waals surface area (Å²) in [5.41, 5.74) is -1.68. The summed E-state index contributed by atoms with van der Waals surface area (Å²) < 4.78 is 48.6. The van der Waals surface area contributed by atoms with Crippen LogP contribution in [0.1, 0.15) is 19.6 Å². The van der Waals surface area contributed by atoms with Crippen molar-refractivity contribution in [1.29, 1.82) is 0 Å². The molecule has 10 atom stereocenters. The fourth-order valence-corrected chi connectivity index (χ4v) is 5.46. The SMILES string of the molecule is C[C@H]1O[C@H](OP(=O)(O)OP(=O)(O)OC[C@H]2O[C@@H](n3ccc(=O)[nH]c3=O)[C@H](O)[C@@H]2O)C[C@H](O)[C@@H]1O. The largest absolute Gasteiger partial charge is 0.483 e. The predicted octanol–water partition coefficient (Wildman–Crippen LogP) is -2.74. The second-order valence-corrected chi connectivity index (χ2v) is 10.5. The molecule has 2 aliphatic rings. The van der Waals surface area contributed by atoms with E-state index in [1.165, 1.54) is 6.92 Å². The molecule has 2 saturated heterocycles. The van der Waals surface area contributed by atoms with Crippen molar-refractivity contribution >= 4 is 15.6 Å². The number of aromatic amines is 1. The Bertz CT molecular complexity index is 1060. The van der Waals surface area contributed by atoms with E-state index < -0.39 is 89.1 Å². The minimum atomic E-state index is -5.33. The normalized spacial score (nSPS) is 37.7. The van der Waals surface area contributed by atoms with Crippen molar-refractivity contribution in [3.05, 3.63) is 33.1 Å². The molecule has 2 aliphatic heterocycles. The Labute approximate surface area is 190 Å². The zero-order valence-corrected chi connectivity index (χ0v) is 19.2. The van der Waals surface area contributed by atoms with Crippen LogP contribution in [0.2, 0.25) is 0 Å². The van der Waals surface area contributed by atoms with Gasteiger partial charge in [-0.3, -0.25) is 23.4 Å². The highest BCUT2D eigenvalue weighted by Gasteiger charge is 2.47. The molecule has 0 aliphatic carbocycles. The average molecular weight is 534 g/mol. The van der Waals surface area contributed by atoms with Crippen LogP contribution >= 0.6 is 15.6 Å². The minimum absolute atomic E-state index is 0.443. The third-order valence-corrected chi connectivity index (χ3v) is 7.62. The van der Waals surface area contributed by atoms with Crippen molar-refractivity contribution < 1.29 is 62.2 Å². The zero-order chi connectivity index (χ0) is 25.4. The molecule has 0 amide bonds. The summed E-state index contributed by atoms with van der Waals surface area (Å²) in [5, 5.41) is 39.5. The maximum atomic E-state index is 12.1. The average Bonchev–Trinajstić information content (AvgIpc) is 2.98. The first kappa shape index (κ1) is 27.3. The van der Waals surface area contributed by atoms with Crippen molar-refractivity contribution in [1.82, 2.24) is 9.55 Å². The lowest BCUT2D eigenvalue weighted by Gasteiger charge is -2.35. The Kier molecular flexibility index (Phi) is 8.32. The topological polar surface area (TPSA) is 257 Å². The number of aromatic nitrogens is 2. The Morgan fingerprint density at radius 1 is 1.09 bits per heavy atom. The van der Waals surface area contributed by atoms with Crippen LogP contribution in [0.4, 0.5) is 0 Å². The van der Waals surface area contributed by atoms with Gasteiger partial charge in [0.05, 0.1) is 18.8 Å². The van der Waals surface area contributed by atoms with E-state index in [4.69, 9.17) is 9.47 Å². The van der Waals surface area contributed by atoms with Gasteiger partial charge in [0.15, 0.2) is 12.5 Å². The van der Waals surface area contributed by atoms with E-state index in [0.717, 1.165) is 16.8 Å². The lowest BCUT2D eigenvalue weighted by molar-refractivity contribution is -0.220. The first-order valence-corrected chi connectivity index (χ1v) is 12.7. The van der Waals surface area contributed by atoms with Gasteiger partial charge in [-0.25, -0.2) is 13.9 Å². The van der Waals surface area contributed by atoms with Gasteiger partial charge >= 0.3 is 21.3 Å². The number of nitrogens with zero attached hydrogens (tertiary/aromatic N) is 1. The summed E-state index contributed by atoms with van der Waals surface area (Å²) in [4.78, 5) is 44.5. The summed E-state index contributed by atoms with van der Waals surface area (Å²) in [6.07, 6.45) is -11.1. The summed E-state index contributed by atoms with van der Waals surface area (Å²) >= 11 is 0. The smallest absolute Gasteiger partial charge is 0.390 e. The first-order valence-electron chi connectivity index (χ1n) is 9.73. The standard InChI is InChI=1S/C15H24N2O15P2/c1-6-11(20)7(18)4-10(29-6)31-34(26,27)32-33(24,25)28-5-8-12(21)13(22)14(30-8)17-3-2-9(19)16-15(17)23/h2-3,6-8,10-14,18,20-22H,4-5H2,1H3,(H,24,25)(H,26,27)(H,16,19,23)/t6-,7+,8-,10-,11-,12-,13-,14-/m1/s1. The monoisotopic (exact) mass is 534 g/mol. The molecule has 0 radical (unpaired) electrons. The van der Waals surface area contributed by atoms with Gasteiger partial charge in [-0.2, -0.15) is 4.31 Å². The van der Waals surface area contributed by atoms with E-state index in [1.54, 1.807) is 0 Å². The van der Waals surface area contributed by atoms with E-state index >= 15 is 0 Å². The number of phosphoric ester groups is 2. The minimum Gasteiger partial charge on any atom is -0.390 e. The molecule has 3 rings (SSSR count). The number of ether oxygens (including phenoxy) is 2. The van der Waals surface area contributed by atoms with Crippen molar-refractivity contribution in [2.24, 2.45) is 0 Å². The molecule has 3 heterocycles. The lowest BCUT2D eigenvalue weighted by atomic mass is 10.0. The molecule has 7 N–H and O–H groups in total. The van der Waals surface area contributed by atoms with E-state index in [9.17, 15) is 48.9 Å². The third kappa shape index (κ3) is 6.47. The van der Waals surface area contributed by atoms with Crippen LogP contribution in [-0.2, 0) is 32.0 Å². The molecule has 0 aromatic carbocycles. The van der Waals surface area contributed by atoms with Crippen molar-refractivity contribution in [3.8, 4) is 0 Å². The van der Waals surface area contributed by atoms with Crippen LogP contribution in [0.3, 0.4) is 0 Å². The zero-order valence-electron chi connectivity index (χ0n) is 17.4. The van der Waals surface area contributed by atoms with E-state index in [0.29, 0.717) is 0 Å². The lowest BCUT2D eigenvalue weighted by Crippen LogP contribution is -2.47. The second-order valence-electron chi connectivity index (χ2n) is 7.55. The van der Waals surface area contributed by atoms with E-state index in [2.05, 4.69) is 13.4 Å². The second kappa shape index (κ2) is 10.4.